The molecule has 1 aliphatic carbocycles. The molecule has 14 aromatic rings. The van der Waals surface area contributed by atoms with E-state index in [1.54, 1.807) is 24.3 Å². The average molecular weight is 1090 g/mol. The molecular formula is C72H45F6N5. The van der Waals surface area contributed by atoms with Gasteiger partial charge in [-0.3, -0.25) is 0 Å². The largest absolute Gasteiger partial charge is 0.417 e. The molecule has 0 fully saturated rings. The Kier molecular flexibility index (Phi) is 11.5. The van der Waals surface area contributed by atoms with Gasteiger partial charge in [-0.15, -0.1) is 0 Å². The van der Waals surface area contributed by atoms with Gasteiger partial charge in [0, 0.05) is 71.5 Å². The van der Waals surface area contributed by atoms with E-state index < -0.39 is 23.8 Å². The predicted molar refractivity (Wildman–Crippen MR) is 323 cm³/mol. The second-order valence-corrected chi connectivity index (χ2v) is 21.0. The topological polar surface area (TPSA) is 40.6 Å². The summed E-state index contributed by atoms with van der Waals surface area (Å²) in [5, 5.41) is 5.69. The summed E-state index contributed by atoms with van der Waals surface area (Å²) in [5.74, 6) is -1.69. The summed E-state index contributed by atoms with van der Waals surface area (Å²) < 4.78 is 102. The van der Waals surface area contributed by atoms with Crippen LogP contribution < -0.4 is 0 Å². The lowest BCUT2D eigenvalue weighted by Crippen LogP contribution is -2.25. The first-order valence-corrected chi connectivity index (χ1v) is 27.3. The fourth-order valence-corrected chi connectivity index (χ4v) is 12.6. The van der Waals surface area contributed by atoms with Crippen LogP contribution in [0.2, 0.25) is 0 Å². The van der Waals surface area contributed by atoms with Crippen LogP contribution in [0.25, 0.3) is 133 Å². The standard InChI is InChI=1S/C72H45F6N5/c73-71(74,75)59-29-13-7-23-49(59)57-39-46(62-43-61(44-19-3-1-4-20-44)79-70(80-62)45-21-5-2-6-22-45)40-58(50-24-8-14-30-60(50)72(76,77)78)69(57)83-67-37-35-47(81-63-31-15-9-25-51(63)52-26-10-16-32-64(52)81)41-55(67)56-42-48(36-38-68(56)83)82-65-33-17-11-27-53(65)54-28-12-18-34-66(54)82/h1-29,31-43,60H,30H2. The summed E-state index contributed by atoms with van der Waals surface area (Å²) >= 11 is 0. The van der Waals surface area contributed by atoms with E-state index in [4.69, 9.17) is 9.97 Å². The number of hydrogen-bond acceptors (Lipinski definition) is 2. The van der Waals surface area contributed by atoms with Crippen molar-refractivity contribution in [3.63, 3.8) is 0 Å². The van der Waals surface area contributed by atoms with Crippen LogP contribution in [0, 0.1) is 5.92 Å². The van der Waals surface area contributed by atoms with Crippen molar-refractivity contribution >= 4 is 71.0 Å². The monoisotopic (exact) mass is 1090 g/mol. The summed E-state index contributed by atoms with van der Waals surface area (Å²) in [6.07, 6.45) is -5.46. The zero-order chi connectivity index (χ0) is 56.1. The summed E-state index contributed by atoms with van der Waals surface area (Å²) in [6, 6.07) is 74.0. The Labute approximate surface area is 471 Å². The van der Waals surface area contributed by atoms with Crippen molar-refractivity contribution in [2.75, 3.05) is 0 Å². The zero-order valence-corrected chi connectivity index (χ0v) is 44.0. The highest BCUT2D eigenvalue weighted by atomic mass is 19.4. The molecule has 4 heterocycles. The fourth-order valence-electron chi connectivity index (χ4n) is 12.6. The molecular weight excluding hydrogens is 1050 g/mol. The highest BCUT2D eigenvalue weighted by molar-refractivity contribution is 6.15. The molecule has 0 radical (unpaired) electrons. The van der Waals surface area contributed by atoms with Crippen LogP contribution in [-0.4, -0.2) is 29.8 Å². The highest BCUT2D eigenvalue weighted by Crippen LogP contribution is 2.51. The quantitative estimate of drug-likeness (QED) is 0.142. The first kappa shape index (κ1) is 49.8. The second-order valence-electron chi connectivity index (χ2n) is 21.0. The van der Waals surface area contributed by atoms with Crippen LogP contribution in [0.4, 0.5) is 26.3 Å². The molecule has 5 nitrogen and oxygen atoms in total. The maximum atomic E-state index is 16.0. The van der Waals surface area contributed by atoms with Crippen molar-refractivity contribution in [2.24, 2.45) is 5.92 Å². The number of hydrogen-bond donors (Lipinski definition) is 0. The predicted octanol–water partition coefficient (Wildman–Crippen LogP) is 20.0. The van der Waals surface area contributed by atoms with Crippen molar-refractivity contribution in [1.82, 2.24) is 23.7 Å². The Morgan fingerprint density at radius 1 is 0.373 bits per heavy atom. The third-order valence-corrected chi connectivity index (χ3v) is 16.3. The van der Waals surface area contributed by atoms with E-state index >= 15 is 26.3 Å². The number of nitrogens with zero attached hydrogens (tertiary/aromatic N) is 5. The van der Waals surface area contributed by atoms with Crippen LogP contribution in [-0.2, 0) is 6.18 Å². The van der Waals surface area contributed by atoms with Crippen molar-refractivity contribution in [2.45, 2.75) is 18.8 Å². The van der Waals surface area contributed by atoms with E-state index in [2.05, 4.69) is 69.8 Å². The lowest BCUT2D eigenvalue weighted by molar-refractivity contribution is -0.157. The summed E-state index contributed by atoms with van der Waals surface area (Å²) in [7, 11) is 0. The zero-order valence-electron chi connectivity index (χ0n) is 44.0. The minimum Gasteiger partial charge on any atom is -0.309 e. The Balaban J connectivity index is 1.10. The Morgan fingerprint density at radius 3 is 1.34 bits per heavy atom. The Bertz CT molecular complexity index is 4650. The number of aromatic nitrogens is 5. The van der Waals surface area contributed by atoms with E-state index in [1.165, 1.54) is 30.4 Å². The molecule has 0 saturated carbocycles. The van der Waals surface area contributed by atoms with Crippen molar-refractivity contribution in [3.05, 3.63) is 266 Å². The van der Waals surface area contributed by atoms with Crippen LogP contribution in [0.5, 0.6) is 0 Å². The lowest BCUT2D eigenvalue weighted by atomic mass is 9.82. The molecule has 4 aromatic heterocycles. The fraction of sp³-hybridized carbons (Fsp3) is 0.0556. The number of alkyl halides is 6. The molecule has 0 spiro atoms. The molecule has 400 valence electrons. The number of para-hydroxylation sites is 4. The van der Waals surface area contributed by atoms with Crippen LogP contribution in [0.15, 0.2) is 255 Å². The van der Waals surface area contributed by atoms with Gasteiger partial charge in [0.1, 0.15) is 0 Å². The van der Waals surface area contributed by atoms with Crippen LogP contribution >= 0.6 is 0 Å². The molecule has 15 rings (SSSR count). The number of halogens is 6. The van der Waals surface area contributed by atoms with Crippen molar-refractivity contribution in [3.8, 4) is 62.1 Å². The maximum Gasteiger partial charge on any atom is 0.417 e. The van der Waals surface area contributed by atoms with Crippen LogP contribution in [0.3, 0.4) is 0 Å². The van der Waals surface area contributed by atoms with Gasteiger partial charge >= 0.3 is 12.4 Å². The average Bonchev–Trinajstić information content (AvgIpc) is 3.19. The smallest absolute Gasteiger partial charge is 0.309 e. The molecule has 0 aliphatic heterocycles. The number of rotatable bonds is 8. The highest BCUT2D eigenvalue weighted by Gasteiger charge is 2.44. The van der Waals surface area contributed by atoms with Crippen molar-refractivity contribution in [1.29, 1.82) is 0 Å². The summed E-state index contributed by atoms with van der Waals surface area (Å²) in [5.41, 5.74) is 8.24. The molecule has 11 heteroatoms. The third kappa shape index (κ3) is 8.24. The van der Waals surface area contributed by atoms with Gasteiger partial charge in [-0.1, -0.05) is 170 Å². The minimum absolute atomic E-state index is 0.0553. The van der Waals surface area contributed by atoms with E-state index in [9.17, 15) is 0 Å². The lowest BCUT2D eigenvalue weighted by Gasteiger charge is -2.29. The Hall–Kier alpha value is -10.3. The molecule has 1 atom stereocenters. The summed E-state index contributed by atoms with van der Waals surface area (Å²) in [4.78, 5) is 10.1. The number of benzene rings is 10. The van der Waals surface area contributed by atoms with Crippen molar-refractivity contribution < 1.29 is 26.3 Å². The van der Waals surface area contributed by atoms with E-state index in [1.807, 2.05) is 138 Å². The maximum absolute atomic E-state index is 16.0. The molecule has 0 bridgehead atoms. The van der Waals surface area contributed by atoms with Gasteiger partial charge in [-0.05, 0) is 102 Å². The van der Waals surface area contributed by atoms with Gasteiger partial charge in [0.05, 0.1) is 61.7 Å². The third-order valence-electron chi connectivity index (χ3n) is 16.3. The molecule has 10 aromatic carbocycles. The van der Waals surface area contributed by atoms with E-state index in [0.717, 1.165) is 77.4 Å². The summed E-state index contributed by atoms with van der Waals surface area (Å²) in [6.45, 7) is 0. The van der Waals surface area contributed by atoms with Gasteiger partial charge in [0.25, 0.3) is 0 Å². The molecule has 0 N–H and O–H groups in total. The Morgan fingerprint density at radius 2 is 0.819 bits per heavy atom. The van der Waals surface area contributed by atoms with E-state index in [0.29, 0.717) is 39.4 Å². The van der Waals surface area contributed by atoms with Gasteiger partial charge < -0.3 is 13.7 Å². The first-order valence-electron chi connectivity index (χ1n) is 27.3. The number of allylic oxidation sites excluding steroid dienone is 4. The molecule has 1 unspecified atom stereocenters. The molecule has 1 aliphatic rings. The van der Waals surface area contributed by atoms with Gasteiger partial charge in [0.2, 0.25) is 0 Å². The SMILES string of the molecule is FC(F)(F)c1ccccc1-c1cc(-c2cc(-c3ccccc3)nc(-c3ccccc3)n2)cc(C2=CC=CCC2C(F)(F)F)c1-n1c2ccc(-n3c4ccccc4c4ccccc43)cc2c2cc(-n3c4ccccc4c4ccccc43)ccc21. The number of fused-ring (bicyclic) bond motifs is 9. The normalized spacial score (nSPS) is 14.0. The second kappa shape index (κ2) is 19.2. The van der Waals surface area contributed by atoms with Crippen LogP contribution in [0.1, 0.15) is 17.5 Å². The molecule has 0 amide bonds. The molecule has 0 saturated heterocycles. The van der Waals surface area contributed by atoms with Gasteiger partial charge in [-0.25, -0.2) is 9.97 Å². The van der Waals surface area contributed by atoms with E-state index in [-0.39, 0.29) is 34.4 Å². The minimum atomic E-state index is -4.88. The first-order chi connectivity index (χ1) is 40.5. The van der Waals surface area contributed by atoms with Gasteiger partial charge in [-0.2, -0.15) is 26.3 Å². The van der Waals surface area contributed by atoms with Gasteiger partial charge in [0.15, 0.2) is 5.82 Å². The molecule has 83 heavy (non-hydrogen) atoms.